The molecule has 0 aliphatic heterocycles. The minimum atomic E-state index is -1.03. The molecule has 1 amide bonds. The molecule has 1 atom stereocenters. The van der Waals surface area contributed by atoms with Crippen molar-refractivity contribution in [3.8, 4) is 0 Å². The Kier molecular flexibility index (Phi) is 5.37. The van der Waals surface area contributed by atoms with E-state index in [1.165, 1.54) is 0 Å². The average Bonchev–Trinajstić information content (AvgIpc) is 3.00. The number of carboxylic acid groups (broad SMARTS) is 1. The van der Waals surface area contributed by atoms with Gasteiger partial charge in [-0.1, -0.05) is 46.3 Å². The summed E-state index contributed by atoms with van der Waals surface area (Å²) in [6.07, 6.45) is -0.216. The molecule has 0 saturated heterocycles. The Hall–Kier alpha value is -2.60. The van der Waals surface area contributed by atoms with Crippen LogP contribution >= 0.6 is 15.9 Å². The second-order valence-electron chi connectivity index (χ2n) is 6.70. The number of aliphatic carboxylic acids is 1. The van der Waals surface area contributed by atoms with Gasteiger partial charge in [0.05, 0.1) is 12.0 Å². The van der Waals surface area contributed by atoms with Gasteiger partial charge in [-0.2, -0.15) is 0 Å². The fourth-order valence-corrected chi connectivity index (χ4v) is 3.66. The molecule has 0 aliphatic rings. The molecule has 0 radical (unpaired) electrons. The van der Waals surface area contributed by atoms with Gasteiger partial charge in [-0.05, 0) is 43.7 Å². The predicted octanol–water partition coefficient (Wildman–Crippen LogP) is 4.54. The second-order valence-corrected chi connectivity index (χ2v) is 7.61. The molecule has 27 heavy (non-hydrogen) atoms. The van der Waals surface area contributed by atoms with Gasteiger partial charge < -0.3 is 15.0 Å². The van der Waals surface area contributed by atoms with E-state index in [0.29, 0.717) is 12.2 Å². The highest BCUT2D eigenvalue weighted by Gasteiger charge is 2.32. The van der Waals surface area contributed by atoms with Gasteiger partial charge in [-0.15, -0.1) is 0 Å². The van der Waals surface area contributed by atoms with Gasteiger partial charge in [0.1, 0.15) is 5.69 Å². The molecule has 0 spiro atoms. The monoisotopic (exact) mass is 428 g/mol. The van der Waals surface area contributed by atoms with E-state index in [1.54, 1.807) is 6.92 Å². The largest absolute Gasteiger partial charge is 0.481 e. The SMILES string of the molecule is CCn1c(C(=O)NC(C)(CC(=O)O)c2ccc(Br)cc2)cc2ccccc21. The molecule has 2 aromatic carbocycles. The number of rotatable bonds is 6. The van der Waals surface area contributed by atoms with Crippen LogP contribution in [0.25, 0.3) is 10.9 Å². The van der Waals surface area contributed by atoms with Crippen molar-refractivity contribution in [3.05, 3.63) is 70.3 Å². The second kappa shape index (κ2) is 7.56. The summed E-state index contributed by atoms with van der Waals surface area (Å²) in [6, 6.07) is 17.0. The molecule has 140 valence electrons. The van der Waals surface area contributed by atoms with Crippen LogP contribution < -0.4 is 5.32 Å². The molecule has 0 aliphatic carbocycles. The third-order valence-corrected chi connectivity index (χ3v) is 5.26. The Morgan fingerprint density at radius 1 is 1.15 bits per heavy atom. The first-order chi connectivity index (χ1) is 12.8. The number of fused-ring (bicyclic) bond motifs is 1. The minimum absolute atomic E-state index is 0.216. The van der Waals surface area contributed by atoms with E-state index in [0.717, 1.165) is 20.9 Å². The molecule has 1 heterocycles. The van der Waals surface area contributed by atoms with Crippen molar-refractivity contribution < 1.29 is 14.7 Å². The van der Waals surface area contributed by atoms with Crippen molar-refractivity contribution in [2.45, 2.75) is 32.4 Å². The summed E-state index contributed by atoms with van der Waals surface area (Å²) < 4.78 is 2.83. The first kappa shape index (κ1) is 19.2. The van der Waals surface area contributed by atoms with Crippen molar-refractivity contribution in [3.63, 3.8) is 0 Å². The zero-order valence-electron chi connectivity index (χ0n) is 15.2. The average molecular weight is 429 g/mol. The first-order valence-corrected chi connectivity index (χ1v) is 9.52. The Morgan fingerprint density at radius 3 is 2.44 bits per heavy atom. The van der Waals surface area contributed by atoms with Crippen LogP contribution in [0.2, 0.25) is 0 Å². The van der Waals surface area contributed by atoms with Crippen molar-refractivity contribution in [1.82, 2.24) is 9.88 Å². The molecule has 1 aromatic heterocycles. The summed E-state index contributed by atoms with van der Waals surface area (Å²) in [7, 11) is 0. The zero-order valence-corrected chi connectivity index (χ0v) is 16.8. The minimum Gasteiger partial charge on any atom is -0.481 e. The summed E-state index contributed by atoms with van der Waals surface area (Å²) in [5, 5.41) is 13.3. The topological polar surface area (TPSA) is 71.3 Å². The highest BCUT2D eigenvalue weighted by molar-refractivity contribution is 9.10. The lowest BCUT2D eigenvalue weighted by molar-refractivity contribution is -0.138. The van der Waals surface area contributed by atoms with Crippen LogP contribution in [0.1, 0.15) is 36.3 Å². The molecule has 6 heteroatoms. The first-order valence-electron chi connectivity index (χ1n) is 8.72. The number of aryl methyl sites for hydroxylation is 1. The van der Waals surface area contributed by atoms with Gasteiger partial charge in [-0.3, -0.25) is 9.59 Å². The number of carboxylic acids is 1. The molecule has 0 fully saturated rings. The molecule has 3 rings (SSSR count). The van der Waals surface area contributed by atoms with Crippen LogP contribution in [0.5, 0.6) is 0 Å². The van der Waals surface area contributed by atoms with E-state index in [-0.39, 0.29) is 12.3 Å². The highest BCUT2D eigenvalue weighted by Crippen LogP contribution is 2.28. The standard InChI is InChI=1S/C21H21BrN2O3/c1-3-24-17-7-5-4-6-14(17)12-18(24)20(27)23-21(2,13-19(25)26)15-8-10-16(22)11-9-15/h4-12H,3,13H2,1-2H3,(H,23,27)(H,25,26). The van der Waals surface area contributed by atoms with Crippen LogP contribution in [0, 0.1) is 0 Å². The number of benzene rings is 2. The lowest BCUT2D eigenvalue weighted by Crippen LogP contribution is -2.45. The third kappa shape index (κ3) is 3.90. The van der Waals surface area contributed by atoms with E-state index in [4.69, 9.17) is 0 Å². The number of halogens is 1. The van der Waals surface area contributed by atoms with Crippen molar-refractivity contribution >= 4 is 38.7 Å². The Bertz CT molecular complexity index is 994. The molecule has 2 N–H and O–H groups in total. The van der Waals surface area contributed by atoms with Crippen LogP contribution in [0.3, 0.4) is 0 Å². The maximum absolute atomic E-state index is 13.1. The summed E-state index contributed by atoms with van der Waals surface area (Å²) >= 11 is 3.38. The van der Waals surface area contributed by atoms with Gasteiger partial charge in [0.25, 0.3) is 5.91 Å². The normalized spacial score (nSPS) is 13.3. The Balaban J connectivity index is 2.00. The van der Waals surface area contributed by atoms with Crippen LogP contribution in [0.15, 0.2) is 59.1 Å². The van der Waals surface area contributed by atoms with E-state index in [1.807, 2.05) is 66.1 Å². The van der Waals surface area contributed by atoms with Crippen LogP contribution in [0.4, 0.5) is 0 Å². The number of nitrogens with zero attached hydrogens (tertiary/aromatic N) is 1. The molecule has 0 saturated carbocycles. The number of aromatic nitrogens is 1. The van der Waals surface area contributed by atoms with Crippen molar-refractivity contribution in [2.24, 2.45) is 0 Å². The summed E-state index contributed by atoms with van der Waals surface area (Å²) in [5.74, 6) is -1.27. The molecule has 1 unspecified atom stereocenters. The lowest BCUT2D eigenvalue weighted by atomic mass is 9.88. The maximum atomic E-state index is 13.1. The van der Waals surface area contributed by atoms with E-state index < -0.39 is 11.5 Å². The maximum Gasteiger partial charge on any atom is 0.306 e. The Morgan fingerprint density at radius 2 is 1.81 bits per heavy atom. The summed E-state index contributed by atoms with van der Waals surface area (Å²) in [4.78, 5) is 24.6. The molecule has 0 bridgehead atoms. The van der Waals surface area contributed by atoms with E-state index in [2.05, 4.69) is 21.2 Å². The smallest absolute Gasteiger partial charge is 0.306 e. The van der Waals surface area contributed by atoms with Gasteiger partial charge in [-0.25, -0.2) is 0 Å². The van der Waals surface area contributed by atoms with E-state index >= 15 is 0 Å². The fraction of sp³-hybridized carbons (Fsp3) is 0.238. The predicted molar refractivity (Wildman–Crippen MR) is 109 cm³/mol. The fourth-order valence-electron chi connectivity index (χ4n) is 3.39. The van der Waals surface area contributed by atoms with Crippen molar-refractivity contribution in [2.75, 3.05) is 0 Å². The van der Waals surface area contributed by atoms with Gasteiger partial charge in [0, 0.05) is 21.9 Å². The van der Waals surface area contributed by atoms with Gasteiger partial charge in [0.2, 0.25) is 0 Å². The number of carbonyl (C=O) groups excluding carboxylic acids is 1. The van der Waals surface area contributed by atoms with Gasteiger partial charge in [0.15, 0.2) is 0 Å². The summed E-state index contributed by atoms with van der Waals surface area (Å²) in [5.41, 5.74) is 1.21. The number of carbonyl (C=O) groups is 2. The van der Waals surface area contributed by atoms with E-state index in [9.17, 15) is 14.7 Å². The van der Waals surface area contributed by atoms with Crippen LogP contribution in [-0.2, 0) is 16.9 Å². The van der Waals surface area contributed by atoms with Crippen LogP contribution in [-0.4, -0.2) is 21.6 Å². The summed E-state index contributed by atoms with van der Waals surface area (Å²) in [6.45, 7) is 4.36. The van der Waals surface area contributed by atoms with Gasteiger partial charge >= 0.3 is 5.97 Å². The van der Waals surface area contributed by atoms with Crippen molar-refractivity contribution in [1.29, 1.82) is 0 Å². The molecule has 5 nitrogen and oxygen atoms in total. The third-order valence-electron chi connectivity index (χ3n) is 4.73. The molecule has 3 aromatic rings. The Labute approximate surface area is 166 Å². The number of para-hydroxylation sites is 1. The lowest BCUT2D eigenvalue weighted by Gasteiger charge is -2.30. The number of hydrogen-bond acceptors (Lipinski definition) is 2. The molecular weight excluding hydrogens is 408 g/mol. The zero-order chi connectivity index (χ0) is 19.6. The highest BCUT2D eigenvalue weighted by atomic mass is 79.9. The molecular formula is C21H21BrN2O3. The number of nitrogens with one attached hydrogen (secondary N) is 1. The number of amides is 1. The number of hydrogen-bond donors (Lipinski definition) is 2. The quantitative estimate of drug-likeness (QED) is 0.604.